The van der Waals surface area contributed by atoms with Gasteiger partial charge in [0.25, 0.3) is 0 Å². The molecule has 128 valence electrons. The molecule has 4 N–H and O–H groups in total. The Labute approximate surface area is 141 Å². The van der Waals surface area contributed by atoms with E-state index >= 15 is 0 Å². The summed E-state index contributed by atoms with van der Waals surface area (Å²) in [6.45, 7) is 5.65. The van der Waals surface area contributed by atoms with E-state index in [9.17, 15) is 9.59 Å². The summed E-state index contributed by atoms with van der Waals surface area (Å²) in [5.41, 5.74) is 9.15. The molecular formula is C17H23N5O2. The van der Waals surface area contributed by atoms with Crippen molar-refractivity contribution in [3.05, 3.63) is 47.3 Å². The highest BCUT2D eigenvalue weighted by molar-refractivity contribution is 5.85. The number of nitrogens with zero attached hydrogens (tertiary/aromatic N) is 2. The van der Waals surface area contributed by atoms with Crippen LogP contribution in [-0.2, 0) is 9.59 Å². The van der Waals surface area contributed by atoms with Crippen LogP contribution in [0.4, 0.5) is 0 Å². The molecule has 0 spiro atoms. The fraction of sp³-hybridized carbons (Fsp3) is 0.353. The highest BCUT2D eigenvalue weighted by atomic mass is 16.2. The van der Waals surface area contributed by atoms with Crippen molar-refractivity contribution >= 4 is 11.8 Å². The summed E-state index contributed by atoms with van der Waals surface area (Å²) in [6, 6.07) is 9.69. The molecule has 1 atom stereocenters. The second kappa shape index (κ2) is 7.74. The first kappa shape index (κ1) is 17.7. The van der Waals surface area contributed by atoms with Crippen LogP contribution in [0.3, 0.4) is 0 Å². The normalized spacial score (nSPS) is 11.8. The molecule has 1 heterocycles. The number of nitrogens with two attached hydrogens (primary N) is 1. The molecule has 2 amide bonds. The molecule has 0 saturated carbocycles. The Morgan fingerprint density at radius 2 is 1.88 bits per heavy atom. The number of hydrogen-bond acceptors (Lipinski definition) is 4. The number of benzene rings is 1. The van der Waals surface area contributed by atoms with Crippen molar-refractivity contribution in [1.82, 2.24) is 20.4 Å². The number of aromatic nitrogens is 2. The first-order valence-electron chi connectivity index (χ1n) is 7.80. The van der Waals surface area contributed by atoms with E-state index in [0.29, 0.717) is 0 Å². The first-order chi connectivity index (χ1) is 11.4. The van der Waals surface area contributed by atoms with Crippen molar-refractivity contribution in [1.29, 1.82) is 0 Å². The van der Waals surface area contributed by atoms with E-state index in [2.05, 4.69) is 15.7 Å². The molecule has 24 heavy (non-hydrogen) atoms. The molecular weight excluding hydrogens is 306 g/mol. The number of nitrogens with one attached hydrogen (secondary N) is 2. The minimum Gasteiger partial charge on any atom is -0.348 e. The highest BCUT2D eigenvalue weighted by Gasteiger charge is 2.11. The minimum atomic E-state index is -0.355. The van der Waals surface area contributed by atoms with Crippen molar-refractivity contribution in [2.75, 3.05) is 13.1 Å². The van der Waals surface area contributed by atoms with Gasteiger partial charge in [0.15, 0.2) is 0 Å². The van der Waals surface area contributed by atoms with E-state index in [0.717, 1.165) is 22.6 Å². The Kier molecular flexibility index (Phi) is 5.70. The lowest BCUT2D eigenvalue weighted by atomic mass is 10.1. The average molecular weight is 329 g/mol. The summed E-state index contributed by atoms with van der Waals surface area (Å²) >= 11 is 0. The zero-order valence-electron chi connectivity index (χ0n) is 14.2. The predicted molar refractivity (Wildman–Crippen MR) is 91.7 cm³/mol. The summed E-state index contributed by atoms with van der Waals surface area (Å²) in [6.07, 6.45) is 0. The smallest absolute Gasteiger partial charge is 0.239 e. The zero-order chi connectivity index (χ0) is 17.7. The monoisotopic (exact) mass is 329 g/mol. The van der Waals surface area contributed by atoms with E-state index in [1.54, 1.807) is 0 Å². The number of carbonyl (C=O) groups excluding carboxylic acids is 2. The highest BCUT2D eigenvalue weighted by Crippen LogP contribution is 2.17. The van der Waals surface area contributed by atoms with Gasteiger partial charge in [-0.25, -0.2) is 4.68 Å². The van der Waals surface area contributed by atoms with Gasteiger partial charge in [0.05, 0.1) is 30.5 Å². The van der Waals surface area contributed by atoms with Gasteiger partial charge < -0.3 is 16.4 Å². The summed E-state index contributed by atoms with van der Waals surface area (Å²) in [4.78, 5) is 22.9. The topological polar surface area (TPSA) is 102 Å². The maximum absolute atomic E-state index is 11.8. The van der Waals surface area contributed by atoms with Gasteiger partial charge in [0.2, 0.25) is 11.8 Å². The van der Waals surface area contributed by atoms with Gasteiger partial charge in [-0.2, -0.15) is 5.10 Å². The third-order valence-corrected chi connectivity index (χ3v) is 3.66. The molecule has 0 bridgehead atoms. The van der Waals surface area contributed by atoms with Crippen LogP contribution < -0.4 is 16.4 Å². The number of amides is 2. The van der Waals surface area contributed by atoms with Crippen LogP contribution in [0.1, 0.15) is 29.9 Å². The fourth-order valence-corrected chi connectivity index (χ4v) is 2.42. The molecule has 1 aromatic heterocycles. The summed E-state index contributed by atoms with van der Waals surface area (Å²) in [5.74, 6) is -0.612. The van der Waals surface area contributed by atoms with Gasteiger partial charge in [-0.3, -0.25) is 9.59 Å². The Morgan fingerprint density at radius 1 is 1.21 bits per heavy atom. The maximum atomic E-state index is 11.8. The van der Waals surface area contributed by atoms with Crippen LogP contribution in [0.2, 0.25) is 0 Å². The van der Waals surface area contributed by atoms with Crippen LogP contribution in [0.25, 0.3) is 5.69 Å². The van der Waals surface area contributed by atoms with Crippen molar-refractivity contribution in [3.8, 4) is 5.69 Å². The second-order valence-electron chi connectivity index (χ2n) is 5.70. The molecule has 2 rings (SSSR count). The molecule has 0 aliphatic heterocycles. The van der Waals surface area contributed by atoms with Gasteiger partial charge in [-0.1, -0.05) is 12.1 Å². The molecule has 0 fully saturated rings. The summed E-state index contributed by atoms with van der Waals surface area (Å²) < 4.78 is 1.88. The van der Waals surface area contributed by atoms with Crippen LogP contribution >= 0.6 is 0 Å². The number of aryl methyl sites for hydroxylation is 2. The third kappa shape index (κ3) is 4.42. The lowest BCUT2D eigenvalue weighted by Crippen LogP contribution is -2.40. The standard InChI is InChI=1S/C17H23N5O2/c1-11-8-12(2)22(21-11)15-6-4-14(5-7-15)13(3)20-17(24)10-19-16(23)9-18/h4-8,13H,9-10,18H2,1-3H3,(H,19,23)(H,20,24). The van der Waals surface area contributed by atoms with Crippen LogP contribution in [0.15, 0.2) is 30.3 Å². The first-order valence-corrected chi connectivity index (χ1v) is 7.80. The van der Waals surface area contributed by atoms with Crippen LogP contribution in [0.5, 0.6) is 0 Å². The van der Waals surface area contributed by atoms with Crippen molar-refractivity contribution in [2.45, 2.75) is 26.8 Å². The second-order valence-corrected chi connectivity index (χ2v) is 5.70. The molecule has 7 nitrogen and oxygen atoms in total. The molecule has 0 radical (unpaired) electrons. The van der Waals surface area contributed by atoms with Gasteiger partial charge in [0.1, 0.15) is 0 Å². The molecule has 0 aliphatic carbocycles. The Balaban J connectivity index is 1.98. The number of carbonyl (C=O) groups is 2. The lowest BCUT2D eigenvalue weighted by Gasteiger charge is -2.15. The van der Waals surface area contributed by atoms with Crippen LogP contribution in [-0.4, -0.2) is 34.7 Å². The Hall–Kier alpha value is -2.67. The number of hydrogen-bond donors (Lipinski definition) is 3. The third-order valence-electron chi connectivity index (χ3n) is 3.66. The molecule has 0 aliphatic rings. The lowest BCUT2D eigenvalue weighted by molar-refractivity contribution is -0.125. The largest absolute Gasteiger partial charge is 0.348 e. The van der Waals surface area contributed by atoms with Gasteiger partial charge in [0, 0.05) is 5.69 Å². The molecule has 2 aromatic rings. The van der Waals surface area contributed by atoms with E-state index in [1.165, 1.54) is 0 Å². The van der Waals surface area contributed by atoms with E-state index in [4.69, 9.17) is 5.73 Å². The molecule has 7 heteroatoms. The quantitative estimate of drug-likeness (QED) is 0.727. The molecule has 1 unspecified atom stereocenters. The van der Waals surface area contributed by atoms with Crippen LogP contribution in [0, 0.1) is 13.8 Å². The van der Waals surface area contributed by atoms with E-state index in [1.807, 2.05) is 55.8 Å². The van der Waals surface area contributed by atoms with Crippen molar-refractivity contribution in [3.63, 3.8) is 0 Å². The zero-order valence-corrected chi connectivity index (χ0v) is 14.2. The van der Waals surface area contributed by atoms with E-state index < -0.39 is 0 Å². The van der Waals surface area contributed by atoms with Gasteiger partial charge >= 0.3 is 0 Å². The van der Waals surface area contributed by atoms with Crippen molar-refractivity contribution < 1.29 is 9.59 Å². The van der Waals surface area contributed by atoms with E-state index in [-0.39, 0.29) is 30.9 Å². The SMILES string of the molecule is Cc1cc(C)n(-c2ccc(C(C)NC(=O)CNC(=O)CN)cc2)n1. The summed E-state index contributed by atoms with van der Waals surface area (Å²) in [7, 11) is 0. The van der Waals surface area contributed by atoms with Gasteiger partial charge in [-0.05, 0) is 44.5 Å². The maximum Gasteiger partial charge on any atom is 0.239 e. The summed E-state index contributed by atoms with van der Waals surface area (Å²) in [5, 5.41) is 9.72. The fourth-order valence-electron chi connectivity index (χ4n) is 2.42. The molecule has 1 aromatic carbocycles. The Bertz CT molecular complexity index is 721. The number of rotatable bonds is 6. The van der Waals surface area contributed by atoms with Crippen molar-refractivity contribution in [2.24, 2.45) is 5.73 Å². The van der Waals surface area contributed by atoms with Gasteiger partial charge in [-0.15, -0.1) is 0 Å². The Morgan fingerprint density at radius 3 is 2.42 bits per heavy atom. The predicted octanol–water partition coefficient (Wildman–Crippen LogP) is 0.741. The molecule has 0 saturated heterocycles. The minimum absolute atomic E-state index is 0.0792. The average Bonchev–Trinajstić information content (AvgIpc) is 2.91.